The van der Waals surface area contributed by atoms with Crippen molar-refractivity contribution in [1.29, 1.82) is 5.26 Å². The summed E-state index contributed by atoms with van der Waals surface area (Å²) in [6.07, 6.45) is 0.513. The lowest BCUT2D eigenvalue weighted by atomic mass is 9.98. The first-order valence-electron chi connectivity index (χ1n) is 10.3. The minimum absolute atomic E-state index is 0.0270. The number of nitriles is 1. The Morgan fingerprint density at radius 2 is 1.75 bits per heavy atom. The number of rotatable bonds is 5. The van der Waals surface area contributed by atoms with Gasteiger partial charge in [-0.3, -0.25) is 4.79 Å². The lowest BCUT2D eigenvalue weighted by Crippen LogP contribution is -2.41. The van der Waals surface area contributed by atoms with Crippen molar-refractivity contribution in [1.82, 2.24) is 0 Å². The van der Waals surface area contributed by atoms with Crippen molar-refractivity contribution in [3.05, 3.63) is 94.0 Å². The highest BCUT2D eigenvalue weighted by atomic mass is 32.2. The van der Waals surface area contributed by atoms with E-state index < -0.39 is 5.97 Å². The maximum Gasteiger partial charge on any atom is 0.335 e. The summed E-state index contributed by atoms with van der Waals surface area (Å²) in [7, 11) is 0. The molecule has 1 atom stereocenters. The van der Waals surface area contributed by atoms with Crippen LogP contribution in [0.1, 0.15) is 38.2 Å². The molecular weight excluding hydrogens is 420 g/mol. The van der Waals surface area contributed by atoms with Gasteiger partial charge in [-0.15, -0.1) is 11.8 Å². The van der Waals surface area contributed by atoms with Crippen molar-refractivity contribution < 1.29 is 14.7 Å². The highest BCUT2D eigenvalue weighted by molar-refractivity contribution is 8.01. The van der Waals surface area contributed by atoms with Crippen LogP contribution in [0.2, 0.25) is 0 Å². The number of para-hydroxylation sites is 1. The Balaban J connectivity index is 1.66. The zero-order valence-electron chi connectivity index (χ0n) is 17.8. The summed E-state index contributed by atoms with van der Waals surface area (Å²) >= 11 is 1.55. The first-order valence-corrected chi connectivity index (χ1v) is 11.1. The van der Waals surface area contributed by atoms with Crippen LogP contribution in [0, 0.1) is 25.2 Å². The lowest BCUT2D eigenvalue weighted by molar-refractivity contribution is -0.118. The number of benzene rings is 3. The quantitative estimate of drug-likeness (QED) is 0.593. The van der Waals surface area contributed by atoms with E-state index in [4.69, 9.17) is 5.11 Å². The minimum atomic E-state index is -0.965. The van der Waals surface area contributed by atoms with Crippen LogP contribution in [0.15, 0.2) is 65.6 Å². The third kappa shape index (κ3) is 4.25. The van der Waals surface area contributed by atoms with Crippen LogP contribution < -0.4 is 4.90 Å². The van der Waals surface area contributed by atoms with Crippen molar-refractivity contribution in [3.63, 3.8) is 0 Å². The van der Waals surface area contributed by atoms with E-state index in [-0.39, 0.29) is 16.7 Å². The van der Waals surface area contributed by atoms with Gasteiger partial charge in [-0.05, 0) is 78.9 Å². The number of carboxylic acid groups (broad SMARTS) is 1. The molecule has 0 radical (unpaired) electrons. The molecule has 6 heteroatoms. The molecule has 4 rings (SSSR count). The zero-order chi connectivity index (χ0) is 22.8. The van der Waals surface area contributed by atoms with Gasteiger partial charge >= 0.3 is 5.97 Å². The molecule has 0 bridgehead atoms. The van der Waals surface area contributed by atoms with E-state index >= 15 is 0 Å². The second-order valence-electron chi connectivity index (χ2n) is 7.91. The summed E-state index contributed by atoms with van der Waals surface area (Å²) in [5.74, 6) is -0.938. The molecule has 32 heavy (non-hydrogen) atoms. The number of carbonyl (C=O) groups excluding carboxylic acids is 1. The van der Waals surface area contributed by atoms with Gasteiger partial charge in [0.25, 0.3) is 0 Å². The zero-order valence-corrected chi connectivity index (χ0v) is 18.6. The summed E-state index contributed by atoms with van der Waals surface area (Å²) in [6.45, 7) is 4.38. The molecule has 1 aliphatic rings. The number of fused-ring (bicyclic) bond motifs is 1. The van der Waals surface area contributed by atoms with E-state index in [1.165, 1.54) is 0 Å². The Morgan fingerprint density at radius 3 is 2.38 bits per heavy atom. The lowest BCUT2D eigenvalue weighted by Gasteiger charge is -2.34. The largest absolute Gasteiger partial charge is 0.478 e. The molecule has 0 saturated carbocycles. The van der Waals surface area contributed by atoms with Gasteiger partial charge in [0.1, 0.15) is 0 Å². The van der Waals surface area contributed by atoms with Crippen LogP contribution >= 0.6 is 11.8 Å². The van der Waals surface area contributed by atoms with Crippen LogP contribution in [0.25, 0.3) is 0 Å². The molecule has 3 aromatic carbocycles. The van der Waals surface area contributed by atoms with E-state index in [1.54, 1.807) is 36.0 Å². The van der Waals surface area contributed by atoms with Crippen LogP contribution in [0.4, 0.5) is 5.69 Å². The smallest absolute Gasteiger partial charge is 0.335 e. The van der Waals surface area contributed by atoms with Crippen molar-refractivity contribution in [2.45, 2.75) is 37.0 Å². The Morgan fingerprint density at radius 1 is 1.09 bits per heavy atom. The fraction of sp³-hybridized carbons (Fsp3) is 0.192. The van der Waals surface area contributed by atoms with Gasteiger partial charge in [0.2, 0.25) is 5.91 Å². The number of thioether (sulfide) groups is 1. The van der Waals surface area contributed by atoms with Gasteiger partial charge in [0, 0.05) is 4.90 Å². The molecule has 1 unspecified atom stereocenters. The SMILES string of the molecule is Cc1cc(C#N)cc(C)c1CN1C(=O)C(Cc2ccc(C(=O)O)cc2)Sc2ccccc21. The number of aryl methyl sites for hydroxylation is 2. The molecule has 1 aliphatic heterocycles. The van der Waals surface area contributed by atoms with Crippen LogP contribution in [-0.2, 0) is 17.8 Å². The predicted octanol–water partition coefficient (Wildman–Crippen LogP) is 5.12. The number of hydrogen-bond donors (Lipinski definition) is 1. The standard InChI is InChI=1S/C26H22N2O3S/c1-16-11-19(14-27)12-17(2)21(16)15-28-22-5-3-4-6-23(22)32-24(25(28)29)13-18-7-9-20(10-8-18)26(30)31/h3-12,24H,13,15H2,1-2H3,(H,30,31). The van der Waals surface area contributed by atoms with E-state index in [1.807, 2.05) is 55.1 Å². The molecule has 3 aromatic rings. The second kappa shape index (κ2) is 8.89. The number of carbonyl (C=O) groups is 2. The highest BCUT2D eigenvalue weighted by Gasteiger charge is 2.34. The molecule has 0 aromatic heterocycles. The topological polar surface area (TPSA) is 81.4 Å². The molecule has 0 saturated heterocycles. The van der Waals surface area contributed by atoms with Crippen molar-refractivity contribution in [3.8, 4) is 6.07 Å². The fourth-order valence-corrected chi connectivity index (χ4v) is 5.30. The van der Waals surface area contributed by atoms with Gasteiger partial charge in [-0.1, -0.05) is 24.3 Å². The Labute approximate surface area is 191 Å². The molecule has 1 N–H and O–H groups in total. The number of carboxylic acids is 1. The average molecular weight is 443 g/mol. The van der Waals surface area contributed by atoms with E-state index in [0.29, 0.717) is 18.5 Å². The van der Waals surface area contributed by atoms with E-state index in [0.717, 1.165) is 32.8 Å². The number of anilines is 1. The summed E-state index contributed by atoms with van der Waals surface area (Å²) < 4.78 is 0. The van der Waals surface area contributed by atoms with Crippen molar-refractivity contribution >= 4 is 29.3 Å². The molecular formula is C26H22N2O3S. The molecule has 0 spiro atoms. The van der Waals surface area contributed by atoms with Crippen molar-refractivity contribution in [2.24, 2.45) is 0 Å². The van der Waals surface area contributed by atoms with Gasteiger partial charge in [0.05, 0.1) is 34.7 Å². The van der Waals surface area contributed by atoms with E-state index in [9.17, 15) is 14.9 Å². The minimum Gasteiger partial charge on any atom is -0.478 e. The molecule has 5 nitrogen and oxygen atoms in total. The maximum absolute atomic E-state index is 13.6. The predicted molar refractivity (Wildman–Crippen MR) is 125 cm³/mol. The third-order valence-electron chi connectivity index (χ3n) is 5.73. The Bertz CT molecular complexity index is 1220. The van der Waals surface area contributed by atoms with Crippen LogP contribution in [0.3, 0.4) is 0 Å². The van der Waals surface area contributed by atoms with Crippen LogP contribution in [0.5, 0.6) is 0 Å². The summed E-state index contributed by atoms with van der Waals surface area (Å²) in [5.41, 5.74) is 5.69. The fourth-order valence-electron chi connectivity index (χ4n) is 4.03. The number of amides is 1. The maximum atomic E-state index is 13.6. The molecule has 1 amide bonds. The molecule has 0 aliphatic carbocycles. The Kier molecular flexibility index (Phi) is 6.02. The third-order valence-corrected chi connectivity index (χ3v) is 6.98. The summed E-state index contributed by atoms with van der Waals surface area (Å²) in [5, 5.41) is 18.1. The number of aromatic carboxylic acids is 1. The van der Waals surface area contributed by atoms with Crippen LogP contribution in [-0.4, -0.2) is 22.2 Å². The molecule has 0 fully saturated rings. The second-order valence-corrected chi connectivity index (χ2v) is 9.15. The first kappa shape index (κ1) is 21.7. The summed E-state index contributed by atoms with van der Waals surface area (Å²) in [6, 6.07) is 20.5. The first-order chi connectivity index (χ1) is 15.4. The van der Waals surface area contributed by atoms with Gasteiger partial charge in [0.15, 0.2) is 0 Å². The Hall–Kier alpha value is -3.56. The van der Waals surface area contributed by atoms with Gasteiger partial charge < -0.3 is 10.0 Å². The van der Waals surface area contributed by atoms with Gasteiger partial charge in [-0.25, -0.2) is 4.79 Å². The monoisotopic (exact) mass is 442 g/mol. The highest BCUT2D eigenvalue weighted by Crippen LogP contribution is 2.41. The summed E-state index contributed by atoms with van der Waals surface area (Å²) in [4.78, 5) is 27.6. The molecule has 160 valence electrons. The van der Waals surface area contributed by atoms with E-state index in [2.05, 4.69) is 6.07 Å². The molecule has 1 heterocycles. The van der Waals surface area contributed by atoms with Gasteiger partial charge in [-0.2, -0.15) is 5.26 Å². The van der Waals surface area contributed by atoms with Crippen molar-refractivity contribution in [2.75, 3.05) is 4.90 Å². The number of nitrogens with zero attached hydrogens (tertiary/aromatic N) is 2. The number of hydrogen-bond acceptors (Lipinski definition) is 4. The normalized spacial score (nSPS) is 15.2. The average Bonchev–Trinajstić information content (AvgIpc) is 2.78.